The van der Waals surface area contributed by atoms with Gasteiger partial charge in [0.1, 0.15) is 0 Å². The summed E-state index contributed by atoms with van der Waals surface area (Å²) < 4.78 is 1.97. The van der Waals surface area contributed by atoms with Crippen molar-refractivity contribution in [3.63, 3.8) is 0 Å². The number of nitro benzene ring substituents is 1. The number of nitro groups is 1. The monoisotopic (exact) mass is 417 g/mol. The second-order valence-electron chi connectivity index (χ2n) is 6.47. The van der Waals surface area contributed by atoms with Crippen molar-refractivity contribution in [2.75, 3.05) is 14.1 Å². The second-order valence-corrected chi connectivity index (χ2v) is 7.85. The zero-order valence-electron chi connectivity index (χ0n) is 15.7. The van der Waals surface area contributed by atoms with Crippen molar-refractivity contribution in [2.45, 2.75) is 23.9 Å². The Morgan fingerprint density at radius 1 is 1.18 bits per heavy atom. The lowest BCUT2D eigenvalue weighted by Crippen LogP contribution is -2.20. The lowest BCUT2D eigenvalue weighted by molar-refractivity contribution is -0.385. The molecule has 3 aromatic rings. The summed E-state index contributed by atoms with van der Waals surface area (Å²) in [7, 11) is 3.96. The van der Waals surface area contributed by atoms with E-state index >= 15 is 0 Å². The zero-order chi connectivity index (χ0) is 20.3. The quantitative estimate of drug-likeness (QED) is 0.314. The van der Waals surface area contributed by atoms with E-state index in [-0.39, 0.29) is 16.7 Å². The van der Waals surface area contributed by atoms with Crippen molar-refractivity contribution >= 4 is 29.1 Å². The fraction of sp³-hybridized carbons (Fsp3) is 0.263. The molecule has 7 nitrogen and oxygen atoms in total. The van der Waals surface area contributed by atoms with Gasteiger partial charge in [0.15, 0.2) is 11.0 Å². The Balaban J connectivity index is 1.97. The van der Waals surface area contributed by atoms with E-state index < -0.39 is 0 Å². The minimum Gasteiger partial charge on any atom is -0.300 e. The van der Waals surface area contributed by atoms with Crippen LogP contribution >= 0.6 is 23.4 Å². The third-order valence-electron chi connectivity index (χ3n) is 4.44. The molecular formula is C19H20ClN5O2S. The van der Waals surface area contributed by atoms with Gasteiger partial charge in [0.25, 0.3) is 5.69 Å². The standard InChI is InChI=1S/C19H20ClN5O2S/c1-13(23(2)3)18-21-22-19(24(18)16-10-8-15(20)9-11-16)28-12-14-6-4-5-7-17(14)25(26)27/h4-11,13H,12H2,1-3H3. The fourth-order valence-corrected chi connectivity index (χ4v) is 3.74. The van der Waals surface area contributed by atoms with Gasteiger partial charge < -0.3 is 0 Å². The molecular weight excluding hydrogens is 398 g/mol. The van der Waals surface area contributed by atoms with Gasteiger partial charge >= 0.3 is 0 Å². The molecule has 0 aliphatic carbocycles. The van der Waals surface area contributed by atoms with Crippen LogP contribution in [0.25, 0.3) is 5.69 Å². The van der Waals surface area contributed by atoms with Crippen LogP contribution in [0, 0.1) is 10.1 Å². The van der Waals surface area contributed by atoms with Gasteiger partial charge in [-0.3, -0.25) is 19.6 Å². The number of thioether (sulfide) groups is 1. The highest BCUT2D eigenvalue weighted by atomic mass is 35.5. The largest absolute Gasteiger partial charge is 0.300 e. The van der Waals surface area contributed by atoms with Gasteiger partial charge in [-0.2, -0.15) is 0 Å². The molecule has 0 N–H and O–H groups in total. The van der Waals surface area contributed by atoms with Crippen LogP contribution in [0.3, 0.4) is 0 Å². The summed E-state index contributed by atoms with van der Waals surface area (Å²) in [6, 6.07) is 14.2. The maximum Gasteiger partial charge on any atom is 0.273 e. The first kappa shape index (κ1) is 20.3. The summed E-state index contributed by atoms with van der Waals surface area (Å²) >= 11 is 7.45. The first-order chi connectivity index (χ1) is 13.4. The molecule has 0 bridgehead atoms. The van der Waals surface area contributed by atoms with Crippen LogP contribution in [-0.2, 0) is 5.75 Å². The second kappa shape index (κ2) is 8.72. The number of benzene rings is 2. The predicted octanol–water partition coefficient (Wildman–Crippen LogP) is 4.74. The first-order valence-corrected chi connectivity index (χ1v) is 9.97. The predicted molar refractivity (Wildman–Crippen MR) is 111 cm³/mol. The third kappa shape index (κ3) is 4.35. The van der Waals surface area contributed by atoms with E-state index in [4.69, 9.17) is 11.6 Å². The van der Waals surface area contributed by atoms with Crippen molar-refractivity contribution in [1.82, 2.24) is 19.7 Å². The molecule has 0 aliphatic heterocycles. The highest BCUT2D eigenvalue weighted by molar-refractivity contribution is 7.98. The van der Waals surface area contributed by atoms with Gasteiger partial charge in [-0.15, -0.1) is 10.2 Å². The van der Waals surface area contributed by atoms with Gasteiger partial charge in [-0.05, 0) is 45.3 Å². The lowest BCUT2D eigenvalue weighted by Gasteiger charge is -2.20. The molecule has 3 rings (SSSR count). The van der Waals surface area contributed by atoms with Crippen LogP contribution in [0.2, 0.25) is 5.02 Å². The molecule has 9 heteroatoms. The molecule has 1 heterocycles. The van der Waals surface area contributed by atoms with Crippen molar-refractivity contribution < 1.29 is 4.92 Å². The SMILES string of the molecule is CC(c1nnc(SCc2ccccc2[N+](=O)[O-])n1-c1ccc(Cl)cc1)N(C)C. The summed E-state index contributed by atoms with van der Waals surface area (Å²) in [5.74, 6) is 1.21. The van der Waals surface area contributed by atoms with Crippen LogP contribution in [0.1, 0.15) is 24.4 Å². The van der Waals surface area contributed by atoms with Crippen molar-refractivity contribution in [3.05, 3.63) is 75.1 Å². The molecule has 0 amide bonds. The molecule has 0 fully saturated rings. The Morgan fingerprint density at radius 3 is 2.50 bits per heavy atom. The van der Waals surface area contributed by atoms with Crippen LogP contribution in [-0.4, -0.2) is 38.7 Å². The highest BCUT2D eigenvalue weighted by Gasteiger charge is 2.22. The minimum atomic E-state index is -0.362. The van der Waals surface area contributed by atoms with E-state index in [1.807, 2.05) is 54.8 Å². The van der Waals surface area contributed by atoms with Gasteiger partial charge in [-0.1, -0.05) is 41.6 Å². The third-order valence-corrected chi connectivity index (χ3v) is 5.67. The molecule has 0 aliphatic rings. The van der Waals surface area contributed by atoms with E-state index in [9.17, 15) is 10.1 Å². The highest BCUT2D eigenvalue weighted by Crippen LogP contribution is 2.31. The fourth-order valence-electron chi connectivity index (χ4n) is 2.66. The summed E-state index contributed by atoms with van der Waals surface area (Å²) in [6.07, 6.45) is 0. The average molecular weight is 418 g/mol. The first-order valence-electron chi connectivity index (χ1n) is 8.61. The van der Waals surface area contributed by atoms with Gasteiger partial charge in [0, 0.05) is 28.1 Å². The molecule has 1 unspecified atom stereocenters. The zero-order valence-corrected chi connectivity index (χ0v) is 17.3. The maximum atomic E-state index is 11.3. The maximum absolute atomic E-state index is 11.3. The summed E-state index contributed by atoms with van der Waals surface area (Å²) in [5, 5.41) is 21.3. The Hall–Kier alpha value is -2.42. The topological polar surface area (TPSA) is 77.1 Å². The van der Waals surface area contributed by atoms with E-state index in [0.29, 0.717) is 21.5 Å². The Morgan fingerprint density at radius 2 is 1.86 bits per heavy atom. The number of hydrogen-bond donors (Lipinski definition) is 0. The van der Waals surface area contributed by atoms with Gasteiger partial charge in [0.05, 0.1) is 11.0 Å². The average Bonchev–Trinajstić information content (AvgIpc) is 3.10. The van der Waals surface area contributed by atoms with Gasteiger partial charge in [0.2, 0.25) is 0 Å². The lowest BCUT2D eigenvalue weighted by atomic mass is 10.2. The smallest absolute Gasteiger partial charge is 0.273 e. The molecule has 0 saturated heterocycles. The van der Waals surface area contributed by atoms with Crippen molar-refractivity contribution in [1.29, 1.82) is 0 Å². The Kier molecular flexibility index (Phi) is 6.33. The number of hydrogen-bond acceptors (Lipinski definition) is 6. The van der Waals surface area contributed by atoms with Crippen LogP contribution in [0.15, 0.2) is 53.7 Å². The molecule has 28 heavy (non-hydrogen) atoms. The Labute approximate surface area is 172 Å². The normalized spacial score (nSPS) is 12.3. The molecule has 1 aromatic heterocycles. The van der Waals surface area contributed by atoms with Crippen molar-refractivity contribution in [3.8, 4) is 5.69 Å². The number of aromatic nitrogens is 3. The van der Waals surface area contributed by atoms with Crippen molar-refractivity contribution in [2.24, 2.45) is 0 Å². The van der Waals surface area contributed by atoms with Crippen LogP contribution in [0.4, 0.5) is 5.69 Å². The van der Waals surface area contributed by atoms with Crippen LogP contribution in [0.5, 0.6) is 0 Å². The molecule has 2 aromatic carbocycles. The number of rotatable bonds is 7. The molecule has 0 spiro atoms. The number of halogens is 1. The summed E-state index contributed by atoms with van der Waals surface area (Å²) in [4.78, 5) is 13.0. The molecule has 1 atom stereocenters. The molecule has 0 saturated carbocycles. The van der Waals surface area contributed by atoms with Gasteiger partial charge in [-0.25, -0.2) is 0 Å². The van der Waals surface area contributed by atoms with E-state index in [1.54, 1.807) is 18.2 Å². The number of nitrogens with zero attached hydrogens (tertiary/aromatic N) is 5. The summed E-state index contributed by atoms with van der Waals surface area (Å²) in [6.45, 7) is 2.05. The summed E-state index contributed by atoms with van der Waals surface area (Å²) in [5.41, 5.74) is 1.64. The Bertz CT molecular complexity index is 975. The van der Waals surface area contributed by atoms with E-state index in [0.717, 1.165) is 11.5 Å². The molecule has 146 valence electrons. The van der Waals surface area contributed by atoms with E-state index in [1.165, 1.54) is 17.8 Å². The number of para-hydroxylation sites is 1. The molecule has 0 radical (unpaired) electrons. The van der Waals surface area contributed by atoms with Crippen LogP contribution < -0.4 is 0 Å². The van der Waals surface area contributed by atoms with E-state index in [2.05, 4.69) is 10.2 Å². The minimum absolute atomic E-state index is 0.0311.